The molecule has 1 fully saturated rings. The number of halogens is 1. The summed E-state index contributed by atoms with van der Waals surface area (Å²) in [4.78, 5) is 19.3. The van der Waals surface area contributed by atoms with Gasteiger partial charge in [0.2, 0.25) is 0 Å². The third-order valence-corrected chi connectivity index (χ3v) is 8.89. The maximum atomic E-state index is 14.9. The molecule has 0 bridgehead atoms. The van der Waals surface area contributed by atoms with Crippen LogP contribution in [0.4, 0.5) is 15.2 Å². The number of benzene rings is 1. The number of carbonyl (C=O) groups excluding carboxylic acids is 1. The highest BCUT2D eigenvalue weighted by atomic mass is 32.2. The zero-order valence-electron chi connectivity index (χ0n) is 20.3. The van der Waals surface area contributed by atoms with E-state index < -0.39 is 27.2 Å². The molecule has 3 heterocycles. The zero-order chi connectivity index (χ0) is 26.3. The van der Waals surface area contributed by atoms with Crippen LogP contribution in [0.3, 0.4) is 0 Å². The van der Waals surface area contributed by atoms with E-state index in [1.165, 1.54) is 29.7 Å². The number of amides is 1. The molecule has 1 aliphatic rings. The molecule has 0 aliphatic carbocycles. The van der Waals surface area contributed by atoms with E-state index in [0.717, 1.165) is 5.69 Å². The summed E-state index contributed by atoms with van der Waals surface area (Å²) in [7, 11) is -3.08. The predicted octanol–water partition coefficient (Wildman–Crippen LogP) is 3.64. The van der Waals surface area contributed by atoms with E-state index in [4.69, 9.17) is 5.73 Å². The van der Waals surface area contributed by atoms with Crippen molar-refractivity contribution < 1.29 is 22.7 Å². The maximum Gasteiger partial charge on any atom is 0.251 e. The number of primary amides is 1. The van der Waals surface area contributed by atoms with Gasteiger partial charge in [-0.1, -0.05) is 18.2 Å². The minimum absolute atomic E-state index is 0.212. The van der Waals surface area contributed by atoms with Crippen molar-refractivity contribution in [2.24, 2.45) is 5.73 Å². The second kappa shape index (κ2) is 9.89. The number of nitrogens with zero attached hydrogens (tertiary/aromatic N) is 2. The summed E-state index contributed by atoms with van der Waals surface area (Å²) in [6.07, 6.45) is 1.87. The van der Waals surface area contributed by atoms with Gasteiger partial charge in [-0.3, -0.25) is 9.69 Å². The number of thiophene rings is 1. The van der Waals surface area contributed by atoms with Gasteiger partial charge >= 0.3 is 0 Å². The first-order chi connectivity index (χ1) is 16.8. The first-order valence-electron chi connectivity index (χ1n) is 11.4. The van der Waals surface area contributed by atoms with E-state index in [0.29, 0.717) is 52.9 Å². The van der Waals surface area contributed by atoms with Gasteiger partial charge in [0.1, 0.15) is 16.6 Å². The van der Waals surface area contributed by atoms with Crippen LogP contribution in [0, 0.1) is 5.82 Å². The van der Waals surface area contributed by atoms with Crippen LogP contribution in [0.5, 0.6) is 0 Å². The topological polar surface area (TPSA) is 126 Å². The van der Waals surface area contributed by atoms with Gasteiger partial charge in [0.15, 0.2) is 9.84 Å². The van der Waals surface area contributed by atoms with Crippen molar-refractivity contribution in [3.63, 3.8) is 0 Å². The Morgan fingerprint density at radius 2 is 2.06 bits per heavy atom. The molecule has 0 spiro atoms. The summed E-state index contributed by atoms with van der Waals surface area (Å²) in [6, 6.07) is 11.5. The van der Waals surface area contributed by atoms with Crippen molar-refractivity contribution >= 4 is 37.9 Å². The van der Waals surface area contributed by atoms with Gasteiger partial charge in [-0.05, 0) is 56.6 Å². The van der Waals surface area contributed by atoms with E-state index in [1.54, 1.807) is 32.0 Å². The number of aromatic nitrogens is 1. The molecular weight excluding hydrogens is 503 g/mol. The van der Waals surface area contributed by atoms with Gasteiger partial charge in [-0.25, -0.2) is 17.8 Å². The molecular formula is C25H29FN4O4S2. The lowest BCUT2D eigenvalue weighted by Gasteiger charge is -2.18. The smallest absolute Gasteiger partial charge is 0.251 e. The van der Waals surface area contributed by atoms with E-state index in [9.17, 15) is 22.7 Å². The highest BCUT2D eigenvalue weighted by Crippen LogP contribution is 2.38. The predicted molar refractivity (Wildman–Crippen MR) is 140 cm³/mol. The standard InChI is InChI=1S/C25H29FN4O4S2/c1-25(2,32)15-7-8-18(20(26)11-15)21-12-19(23(27)31)24(35-21)29-22-6-4-5-16(28-22)13-30-10-9-17(14-30)36(3,33)34/h4-8,11-12,17,32H,9-10,13-14H2,1-3H3,(H2,27,31)(H,28,29). The number of nitrogens with one attached hydrogen (secondary N) is 1. The summed E-state index contributed by atoms with van der Waals surface area (Å²) in [5.41, 5.74) is 6.10. The van der Waals surface area contributed by atoms with Gasteiger partial charge in [0, 0.05) is 29.8 Å². The molecule has 192 valence electrons. The highest BCUT2D eigenvalue weighted by molar-refractivity contribution is 7.91. The molecule has 0 saturated carbocycles. The number of rotatable bonds is 8. The Bertz CT molecular complexity index is 1400. The van der Waals surface area contributed by atoms with E-state index >= 15 is 0 Å². The van der Waals surface area contributed by atoms with Crippen molar-refractivity contribution in [3.8, 4) is 10.4 Å². The monoisotopic (exact) mass is 532 g/mol. The third kappa shape index (κ3) is 5.92. The van der Waals surface area contributed by atoms with Crippen LogP contribution in [0.1, 0.15) is 41.9 Å². The summed E-state index contributed by atoms with van der Waals surface area (Å²) in [5, 5.41) is 13.4. The van der Waals surface area contributed by atoms with Crippen LogP contribution < -0.4 is 11.1 Å². The largest absolute Gasteiger partial charge is 0.386 e. The van der Waals surface area contributed by atoms with E-state index in [-0.39, 0.29) is 10.8 Å². The minimum Gasteiger partial charge on any atom is -0.386 e. The van der Waals surface area contributed by atoms with Gasteiger partial charge < -0.3 is 16.2 Å². The first-order valence-corrected chi connectivity index (χ1v) is 14.2. The Hall–Kier alpha value is -2.86. The molecule has 1 amide bonds. The van der Waals surface area contributed by atoms with Crippen LogP contribution in [0.15, 0.2) is 42.5 Å². The molecule has 2 aromatic heterocycles. The molecule has 1 saturated heterocycles. The van der Waals surface area contributed by atoms with Gasteiger partial charge in [0.25, 0.3) is 5.91 Å². The molecule has 0 radical (unpaired) electrons. The molecule has 1 unspecified atom stereocenters. The number of nitrogens with two attached hydrogens (primary N) is 1. The fourth-order valence-electron chi connectivity index (χ4n) is 4.17. The van der Waals surface area contributed by atoms with Crippen LogP contribution in [0.2, 0.25) is 0 Å². The minimum atomic E-state index is -3.08. The van der Waals surface area contributed by atoms with Crippen molar-refractivity contribution in [2.75, 3.05) is 24.7 Å². The van der Waals surface area contributed by atoms with Crippen LogP contribution >= 0.6 is 11.3 Å². The maximum absolute atomic E-state index is 14.9. The SMILES string of the molecule is CC(C)(O)c1ccc(-c2cc(C(N)=O)c(Nc3cccc(CN4CCC(S(C)(=O)=O)C4)n3)s2)c(F)c1. The molecule has 4 rings (SSSR count). The lowest BCUT2D eigenvalue weighted by molar-refractivity contribution is 0.0782. The normalized spacial score (nSPS) is 16.9. The number of sulfone groups is 1. The molecule has 3 aromatic rings. The molecule has 4 N–H and O–H groups in total. The number of anilines is 2. The molecule has 11 heteroatoms. The van der Waals surface area contributed by atoms with Gasteiger partial charge in [-0.2, -0.15) is 0 Å². The van der Waals surface area contributed by atoms with Crippen molar-refractivity contribution in [1.82, 2.24) is 9.88 Å². The molecule has 1 aliphatic heterocycles. The number of aliphatic hydroxyl groups is 1. The second-order valence-electron chi connectivity index (χ2n) is 9.59. The van der Waals surface area contributed by atoms with Gasteiger partial charge in [0.05, 0.1) is 22.1 Å². The summed E-state index contributed by atoms with van der Waals surface area (Å²) in [6.45, 7) is 4.80. The fraction of sp³-hybridized carbons (Fsp3) is 0.360. The zero-order valence-corrected chi connectivity index (χ0v) is 21.9. The third-order valence-electron chi connectivity index (χ3n) is 6.21. The van der Waals surface area contributed by atoms with E-state index in [2.05, 4.69) is 15.2 Å². The van der Waals surface area contributed by atoms with Crippen LogP contribution in [-0.2, 0) is 22.0 Å². The number of likely N-dealkylation sites (tertiary alicyclic amines) is 1. The number of pyridine rings is 1. The van der Waals surface area contributed by atoms with Gasteiger partial charge in [-0.15, -0.1) is 11.3 Å². The second-order valence-corrected chi connectivity index (χ2v) is 13.0. The number of carbonyl (C=O) groups is 1. The number of hydrogen-bond acceptors (Lipinski definition) is 8. The average Bonchev–Trinajstić information content (AvgIpc) is 3.41. The van der Waals surface area contributed by atoms with Crippen LogP contribution in [-0.4, -0.2) is 53.9 Å². The quantitative estimate of drug-likeness (QED) is 0.404. The lowest BCUT2D eigenvalue weighted by atomic mass is 9.96. The Balaban J connectivity index is 1.55. The summed E-state index contributed by atoms with van der Waals surface area (Å²) < 4.78 is 38.6. The average molecular weight is 533 g/mol. The first kappa shape index (κ1) is 26.2. The summed E-state index contributed by atoms with van der Waals surface area (Å²) >= 11 is 1.17. The van der Waals surface area contributed by atoms with E-state index in [1.807, 2.05) is 12.1 Å². The Labute approximate surface area is 213 Å². The highest BCUT2D eigenvalue weighted by Gasteiger charge is 2.30. The van der Waals surface area contributed by atoms with Crippen LogP contribution in [0.25, 0.3) is 10.4 Å². The Kier molecular flexibility index (Phi) is 7.20. The fourth-order valence-corrected chi connectivity index (χ4v) is 6.28. The molecule has 36 heavy (non-hydrogen) atoms. The Morgan fingerprint density at radius 1 is 1.31 bits per heavy atom. The summed E-state index contributed by atoms with van der Waals surface area (Å²) in [5.74, 6) is -0.690. The molecule has 8 nitrogen and oxygen atoms in total. The van der Waals surface area contributed by atoms with Crippen molar-refractivity contribution in [3.05, 3.63) is 65.1 Å². The number of hydrogen-bond donors (Lipinski definition) is 3. The molecule has 1 atom stereocenters. The van der Waals surface area contributed by atoms with Crippen molar-refractivity contribution in [1.29, 1.82) is 0 Å². The Morgan fingerprint density at radius 3 is 2.67 bits per heavy atom. The van der Waals surface area contributed by atoms with Crippen molar-refractivity contribution in [2.45, 2.75) is 37.7 Å². The molecule has 1 aromatic carbocycles. The lowest BCUT2D eigenvalue weighted by Crippen LogP contribution is -2.26.